The van der Waals surface area contributed by atoms with Crippen molar-refractivity contribution in [2.45, 2.75) is 59.2 Å². The van der Waals surface area contributed by atoms with Gasteiger partial charge in [0.25, 0.3) is 5.91 Å². The Morgan fingerprint density at radius 3 is 2.15 bits per heavy atom. The molecule has 0 aliphatic carbocycles. The molecule has 1 heterocycles. The zero-order valence-corrected chi connectivity index (χ0v) is 16.4. The summed E-state index contributed by atoms with van der Waals surface area (Å²) in [5.74, 6) is -0.122. The number of aromatic nitrogens is 1. The van der Waals surface area contributed by atoms with E-state index in [0.29, 0.717) is 12.1 Å². The van der Waals surface area contributed by atoms with Gasteiger partial charge in [0.2, 0.25) is 0 Å². The van der Waals surface area contributed by atoms with Crippen LogP contribution in [0.3, 0.4) is 0 Å². The summed E-state index contributed by atoms with van der Waals surface area (Å²) >= 11 is 0. The molecular formula is C21H28N2O3. The highest BCUT2D eigenvalue weighted by molar-refractivity contribution is 5.95. The summed E-state index contributed by atoms with van der Waals surface area (Å²) in [5, 5.41) is 0. The van der Waals surface area contributed by atoms with Gasteiger partial charge in [-0.15, -0.1) is 0 Å². The van der Waals surface area contributed by atoms with Crippen LogP contribution in [0, 0.1) is 0 Å². The standard InChI is InChI=1S/C21H28N2O3/c1-20(2,3)23(14-16-10-8-7-9-11-16)18(24)17-12-13-22(15-17)19(25)26-21(4,5)6/h7-13,15H,14H2,1-6H3. The molecule has 2 rings (SSSR count). The van der Waals surface area contributed by atoms with Gasteiger partial charge in [0.15, 0.2) is 0 Å². The zero-order chi connectivity index (χ0) is 19.5. The molecule has 1 aromatic carbocycles. The van der Waals surface area contributed by atoms with Gasteiger partial charge in [0.05, 0.1) is 5.56 Å². The van der Waals surface area contributed by atoms with Gasteiger partial charge in [-0.1, -0.05) is 30.3 Å². The SMILES string of the molecule is CC(C)(C)OC(=O)n1ccc(C(=O)N(Cc2ccccc2)C(C)(C)C)c1. The number of benzene rings is 1. The molecule has 0 saturated carbocycles. The minimum absolute atomic E-state index is 0.122. The molecule has 0 radical (unpaired) electrons. The summed E-state index contributed by atoms with van der Waals surface area (Å²) in [5.41, 5.74) is 0.570. The molecule has 2 aromatic rings. The summed E-state index contributed by atoms with van der Waals surface area (Å²) < 4.78 is 6.65. The second kappa shape index (κ2) is 7.36. The van der Waals surface area contributed by atoms with Gasteiger partial charge >= 0.3 is 6.09 Å². The van der Waals surface area contributed by atoms with E-state index in [4.69, 9.17) is 4.74 Å². The van der Waals surface area contributed by atoms with Gasteiger partial charge in [-0.25, -0.2) is 4.79 Å². The summed E-state index contributed by atoms with van der Waals surface area (Å²) in [6.45, 7) is 11.9. The summed E-state index contributed by atoms with van der Waals surface area (Å²) in [7, 11) is 0. The maximum atomic E-state index is 13.1. The molecule has 5 heteroatoms. The number of amides is 1. The Morgan fingerprint density at radius 2 is 1.62 bits per heavy atom. The lowest BCUT2D eigenvalue weighted by Gasteiger charge is -2.35. The molecule has 0 unspecified atom stereocenters. The molecule has 26 heavy (non-hydrogen) atoms. The number of ether oxygens (including phenoxy) is 1. The molecule has 0 aliphatic heterocycles. The van der Waals surface area contributed by atoms with Crippen LogP contribution in [0.1, 0.15) is 57.5 Å². The van der Waals surface area contributed by atoms with Crippen LogP contribution in [0.2, 0.25) is 0 Å². The molecule has 0 bridgehead atoms. The Balaban J connectivity index is 2.23. The zero-order valence-electron chi connectivity index (χ0n) is 16.4. The Morgan fingerprint density at radius 1 is 1.00 bits per heavy atom. The van der Waals surface area contributed by atoms with Crippen molar-refractivity contribution in [2.75, 3.05) is 0 Å². The molecule has 140 valence electrons. The molecule has 1 aromatic heterocycles. The maximum Gasteiger partial charge on any atom is 0.418 e. The van der Waals surface area contributed by atoms with Gasteiger partial charge in [0, 0.05) is 24.5 Å². The molecule has 0 fully saturated rings. The lowest BCUT2D eigenvalue weighted by Crippen LogP contribution is -2.45. The highest BCUT2D eigenvalue weighted by Gasteiger charge is 2.28. The number of hydrogen-bond acceptors (Lipinski definition) is 3. The molecule has 5 nitrogen and oxygen atoms in total. The molecule has 0 N–H and O–H groups in total. The smallest absolute Gasteiger partial charge is 0.418 e. The maximum absolute atomic E-state index is 13.1. The molecule has 0 aliphatic rings. The highest BCUT2D eigenvalue weighted by Crippen LogP contribution is 2.21. The minimum atomic E-state index is -0.587. The van der Waals surface area contributed by atoms with Crippen LogP contribution in [0.15, 0.2) is 48.8 Å². The summed E-state index contributed by atoms with van der Waals surface area (Å²) in [6, 6.07) is 11.5. The van der Waals surface area contributed by atoms with Crippen LogP contribution in [-0.4, -0.2) is 32.6 Å². The first kappa shape index (κ1) is 19.8. The van der Waals surface area contributed by atoms with Crippen LogP contribution in [0.4, 0.5) is 4.79 Å². The van der Waals surface area contributed by atoms with Crippen LogP contribution in [-0.2, 0) is 11.3 Å². The van der Waals surface area contributed by atoms with E-state index >= 15 is 0 Å². The number of nitrogens with zero attached hydrogens (tertiary/aromatic N) is 2. The Hall–Kier alpha value is -2.56. The quantitative estimate of drug-likeness (QED) is 0.800. The van der Waals surface area contributed by atoms with E-state index in [9.17, 15) is 9.59 Å². The van der Waals surface area contributed by atoms with Crippen LogP contribution < -0.4 is 0 Å². The number of carbonyl (C=O) groups is 2. The van der Waals surface area contributed by atoms with Crippen molar-refractivity contribution in [1.29, 1.82) is 0 Å². The van der Waals surface area contributed by atoms with Crippen LogP contribution >= 0.6 is 0 Å². The van der Waals surface area contributed by atoms with E-state index in [2.05, 4.69) is 0 Å². The van der Waals surface area contributed by atoms with Crippen molar-refractivity contribution < 1.29 is 14.3 Å². The van der Waals surface area contributed by atoms with Crippen molar-refractivity contribution in [3.05, 3.63) is 59.9 Å². The van der Waals surface area contributed by atoms with Gasteiger partial charge < -0.3 is 9.64 Å². The van der Waals surface area contributed by atoms with E-state index in [-0.39, 0.29) is 11.4 Å². The van der Waals surface area contributed by atoms with Crippen molar-refractivity contribution in [1.82, 2.24) is 9.47 Å². The topological polar surface area (TPSA) is 51.5 Å². The normalized spacial score (nSPS) is 11.9. The van der Waals surface area contributed by atoms with Crippen molar-refractivity contribution in [3.63, 3.8) is 0 Å². The van der Waals surface area contributed by atoms with Crippen LogP contribution in [0.25, 0.3) is 0 Å². The van der Waals surface area contributed by atoms with E-state index in [1.807, 2.05) is 71.9 Å². The monoisotopic (exact) mass is 356 g/mol. The first-order chi connectivity index (χ1) is 12.0. The van der Waals surface area contributed by atoms with Crippen LogP contribution in [0.5, 0.6) is 0 Å². The molecule has 0 spiro atoms. The van der Waals surface area contributed by atoms with E-state index in [1.54, 1.807) is 17.2 Å². The molecule has 0 atom stereocenters. The average Bonchev–Trinajstić information content (AvgIpc) is 3.00. The lowest BCUT2D eigenvalue weighted by atomic mass is 10.0. The number of rotatable bonds is 3. The fourth-order valence-corrected chi connectivity index (χ4v) is 2.49. The third-order valence-corrected chi connectivity index (χ3v) is 3.78. The second-order valence-electron chi connectivity index (χ2n) is 8.34. The van der Waals surface area contributed by atoms with Gasteiger partial charge in [-0.3, -0.25) is 9.36 Å². The molecule has 1 amide bonds. The minimum Gasteiger partial charge on any atom is -0.443 e. The fraction of sp³-hybridized carbons (Fsp3) is 0.429. The fourth-order valence-electron chi connectivity index (χ4n) is 2.49. The number of hydrogen-bond donors (Lipinski definition) is 0. The van der Waals surface area contributed by atoms with E-state index in [1.165, 1.54) is 10.8 Å². The van der Waals surface area contributed by atoms with Crippen molar-refractivity contribution in [2.24, 2.45) is 0 Å². The molecular weight excluding hydrogens is 328 g/mol. The van der Waals surface area contributed by atoms with Gasteiger partial charge in [-0.2, -0.15) is 0 Å². The number of carbonyl (C=O) groups excluding carboxylic acids is 2. The van der Waals surface area contributed by atoms with Crippen molar-refractivity contribution in [3.8, 4) is 0 Å². The van der Waals surface area contributed by atoms with E-state index < -0.39 is 11.7 Å². The Labute approximate surface area is 155 Å². The van der Waals surface area contributed by atoms with Gasteiger partial charge in [-0.05, 0) is 53.2 Å². The van der Waals surface area contributed by atoms with Crippen molar-refractivity contribution >= 4 is 12.0 Å². The third kappa shape index (κ3) is 5.22. The van der Waals surface area contributed by atoms with Gasteiger partial charge in [0.1, 0.15) is 5.60 Å². The highest BCUT2D eigenvalue weighted by atomic mass is 16.6. The third-order valence-electron chi connectivity index (χ3n) is 3.78. The van der Waals surface area contributed by atoms with E-state index in [0.717, 1.165) is 5.56 Å². The predicted molar refractivity (Wildman–Crippen MR) is 102 cm³/mol. The average molecular weight is 356 g/mol. The lowest BCUT2D eigenvalue weighted by molar-refractivity contribution is 0.0537. The predicted octanol–water partition coefficient (Wildman–Crippen LogP) is 4.71. The molecule has 0 saturated heterocycles. The summed E-state index contributed by atoms with van der Waals surface area (Å²) in [6.07, 6.45) is 2.59. The Kier molecular flexibility index (Phi) is 5.59. The Bertz CT molecular complexity index is 765. The first-order valence-corrected chi connectivity index (χ1v) is 8.74. The second-order valence-corrected chi connectivity index (χ2v) is 8.34. The summed E-state index contributed by atoms with van der Waals surface area (Å²) in [4.78, 5) is 27.1. The largest absolute Gasteiger partial charge is 0.443 e. The first-order valence-electron chi connectivity index (χ1n) is 8.74.